The van der Waals surface area contributed by atoms with E-state index in [1.165, 1.54) is 12.1 Å². The number of nitrogens with zero attached hydrogens (tertiary/aromatic N) is 1. The Balaban J connectivity index is 0.00000149. The summed E-state index contributed by atoms with van der Waals surface area (Å²) in [7, 11) is -4.03. The lowest BCUT2D eigenvalue weighted by Gasteiger charge is -2.05. The predicted molar refractivity (Wildman–Crippen MR) is 78.8 cm³/mol. The Hall–Kier alpha value is -2.51. The Bertz CT molecular complexity index is 672. The van der Waals surface area contributed by atoms with Crippen molar-refractivity contribution in [3.63, 3.8) is 0 Å². The van der Waals surface area contributed by atoms with E-state index in [4.69, 9.17) is 14.3 Å². The third kappa shape index (κ3) is 7.35. The molecule has 0 saturated heterocycles. The lowest BCUT2D eigenvalue weighted by molar-refractivity contribution is -0.191. The molecule has 9 heteroatoms. The standard InChI is InChI=1S/C13H17NO5S.CO2/c1-4-12(13(15)18-5-2)14-19-20(16,17)11-8-6-10(3)7-9-11;2-1-3/h6-9H,4-5H2,1-3H3;/b14-12-;. The van der Waals surface area contributed by atoms with Crippen LogP contribution >= 0.6 is 0 Å². The van der Waals surface area contributed by atoms with Crippen LogP contribution in [0.1, 0.15) is 25.8 Å². The zero-order chi connectivity index (χ0) is 17.9. The lowest BCUT2D eigenvalue weighted by atomic mass is 10.2. The maximum absolute atomic E-state index is 11.9. The summed E-state index contributed by atoms with van der Waals surface area (Å²) in [4.78, 5) is 27.7. The highest BCUT2D eigenvalue weighted by molar-refractivity contribution is 7.86. The number of benzene rings is 1. The number of carbonyl (C=O) groups is 1. The molecule has 0 aliphatic heterocycles. The number of hydrogen-bond donors (Lipinski definition) is 0. The van der Waals surface area contributed by atoms with Crippen molar-refractivity contribution in [1.29, 1.82) is 0 Å². The molecule has 1 rings (SSSR count). The van der Waals surface area contributed by atoms with Crippen molar-refractivity contribution in [2.75, 3.05) is 6.61 Å². The molecule has 8 nitrogen and oxygen atoms in total. The van der Waals surface area contributed by atoms with Crippen LogP contribution in [0.2, 0.25) is 0 Å². The molecular weight excluding hydrogens is 326 g/mol. The van der Waals surface area contributed by atoms with Gasteiger partial charge in [0.2, 0.25) is 0 Å². The fraction of sp³-hybridized carbons (Fsp3) is 0.357. The first-order valence-corrected chi connectivity index (χ1v) is 7.96. The number of ether oxygens (including phenoxy) is 1. The molecule has 0 unspecified atom stereocenters. The van der Waals surface area contributed by atoms with Crippen LogP contribution in [0.5, 0.6) is 0 Å². The fourth-order valence-electron chi connectivity index (χ4n) is 1.30. The van der Waals surface area contributed by atoms with Crippen molar-refractivity contribution in [2.45, 2.75) is 32.1 Å². The van der Waals surface area contributed by atoms with Gasteiger partial charge in [-0.1, -0.05) is 29.8 Å². The minimum absolute atomic E-state index is 0.0221. The normalized spacial score (nSPS) is 10.8. The summed E-state index contributed by atoms with van der Waals surface area (Å²) in [5.41, 5.74) is 0.843. The molecular formula is C14H17NO7S. The van der Waals surface area contributed by atoms with Gasteiger partial charge < -0.3 is 4.74 Å². The van der Waals surface area contributed by atoms with E-state index in [-0.39, 0.29) is 29.8 Å². The van der Waals surface area contributed by atoms with Crippen LogP contribution < -0.4 is 0 Å². The van der Waals surface area contributed by atoms with Crippen molar-refractivity contribution in [1.82, 2.24) is 0 Å². The van der Waals surface area contributed by atoms with Crippen LogP contribution in [0.25, 0.3) is 0 Å². The molecule has 1 aromatic rings. The van der Waals surface area contributed by atoms with Gasteiger partial charge in [0.05, 0.1) is 6.61 Å². The van der Waals surface area contributed by atoms with Gasteiger partial charge in [0.1, 0.15) is 4.90 Å². The summed E-state index contributed by atoms with van der Waals surface area (Å²) < 4.78 is 33.0. The van der Waals surface area contributed by atoms with Gasteiger partial charge in [-0.25, -0.2) is 4.79 Å². The molecule has 0 N–H and O–H groups in total. The van der Waals surface area contributed by atoms with Gasteiger partial charge in [-0.2, -0.15) is 18.0 Å². The van der Waals surface area contributed by atoms with Crippen LogP contribution in [-0.4, -0.2) is 32.9 Å². The Labute approximate surface area is 134 Å². The first-order chi connectivity index (χ1) is 10.8. The van der Waals surface area contributed by atoms with Crippen molar-refractivity contribution >= 4 is 28.0 Å². The average molecular weight is 343 g/mol. The second-order valence-corrected chi connectivity index (χ2v) is 5.57. The van der Waals surface area contributed by atoms with E-state index in [9.17, 15) is 13.2 Å². The van der Waals surface area contributed by atoms with Gasteiger partial charge in [0.25, 0.3) is 0 Å². The SMILES string of the molecule is CCOC(=O)/C(CC)=N\OS(=O)(=O)c1ccc(C)cc1.O=C=O. The highest BCUT2D eigenvalue weighted by atomic mass is 32.2. The van der Waals surface area contributed by atoms with Gasteiger partial charge in [-0.3, -0.25) is 4.28 Å². The lowest BCUT2D eigenvalue weighted by Crippen LogP contribution is -2.18. The molecule has 0 spiro atoms. The number of hydrogen-bond acceptors (Lipinski definition) is 8. The smallest absolute Gasteiger partial charge is 0.373 e. The summed E-state index contributed by atoms with van der Waals surface area (Å²) in [5.74, 6) is -0.686. The third-order valence-electron chi connectivity index (χ3n) is 2.40. The van der Waals surface area contributed by atoms with Crippen molar-refractivity contribution in [3.8, 4) is 0 Å². The van der Waals surface area contributed by atoms with Crippen LogP contribution in [0, 0.1) is 6.92 Å². The van der Waals surface area contributed by atoms with Gasteiger partial charge in [-0.15, -0.1) is 0 Å². The number of rotatable bonds is 6. The van der Waals surface area contributed by atoms with Crippen molar-refractivity contribution < 1.29 is 31.8 Å². The highest BCUT2D eigenvalue weighted by Crippen LogP contribution is 2.13. The summed E-state index contributed by atoms with van der Waals surface area (Å²) in [5, 5.41) is 3.39. The molecule has 0 amide bonds. The first kappa shape index (κ1) is 20.5. The maximum atomic E-state index is 11.9. The maximum Gasteiger partial charge on any atom is 0.373 e. The van der Waals surface area contributed by atoms with Crippen LogP contribution in [-0.2, 0) is 33.5 Å². The molecule has 0 fully saturated rings. The number of carbonyl (C=O) groups excluding carboxylic acids is 3. The van der Waals surface area contributed by atoms with E-state index in [0.29, 0.717) is 0 Å². The minimum atomic E-state index is -4.03. The van der Waals surface area contributed by atoms with E-state index < -0.39 is 16.1 Å². The predicted octanol–water partition coefficient (Wildman–Crippen LogP) is 1.45. The van der Waals surface area contributed by atoms with Crippen molar-refractivity contribution in [2.24, 2.45) is 5.16 Å². The molecule has 0 saturated carbocycles. The Morgan fingerprint density at radius 2 is 1.70 bits per heavy atom. The van der Waals surface area contributed by atoms with Crippen LogP contribution in [0.4, 0.5) is 0 Å². The van der Waals surface area contributed by atoms with Crippen molar-refractivity contribution in [3.05, 3.63) is 29.8 Å². The summed E-state index contributed by atoms with van der Waals surface area (Å²) in [6.07, 6.45) is 0.461. The Kier molecular flexibility index (Phi) is 9.14. The van der Waals surface area contributed by atoms with Gasteiger partial charge >= 0.3 is 22.2 Å². The number of oxime groups is 1. The molecule has 0 aliphatic carbocycles. The van der Waals surface area contributed by atoms with E-state index in [1.807, 2.05) is 6.92 Å². The molecule has 0 aromatic heterocycles. The molecule has 126 valence electrons. The van der Waals surface area contributed by atoms with Gasteiger partial charge in [-0.05, 0) is 32.4 Å². The molecule has 0 heterocycles. The van der Waals surface area contributed by atoms with E-state index in [1.54, 1.807) is 26.0 Å². The average Bonchev–Trinajstić information content (AvgIpc) is 2.49. The topological polar surface area (TPSA) is 116 Å². The molecule has 23 heavy (non-hydrogen) atoms. The second kappa shape index (κ2) is 10.3. The first-order valence-electron chi connectivity index (χ1n) is 6.55. The summed E-state index contributed by atoms with van der Waals surface area (Å²) >= 11 is 0. The summed E-state index contributed by atoms with van der Waals surface area (Å²) in [6, 6.07) is 6.12. The van der Waals surface area contributed by atoms with Crippen LogP contribution in [0.15, 0.2) is 34.3 Å². The van der Waals surface area contributed by atoms with Gasteiger partial charge in [0, 0.05) is 0 Å². The molecule has 0 aliphatic rings. The molecule has 0 atom stereocenters. The molecule has 1 aromatic carbocycles. The second-order valence-electron chi connectivity index (χ2n) is 4.04. The number of esters is 1. The van der Waals surface area contributed by atoms with E-state index >= 15 is 0 Å². The van der Waals surface area contributed by atoms with E-state index in [0.717, 1.165) is 5.56 Å². The zero-order valence-electron chi connectivity index (χ0n) is 12.9. The van der Waals surface area contributed by atoms with Crippen LogP contribution in [0.3, 0.4) is 0 Å². The molecule has 0 radical (unpaired) electrons. The Morgan fingerprint density at radius 3 is 2.13 bits per heavy atom. The fourth-order valence-corrected chi connectivity index (χ4v) is 2.05. The largest absolute Gasteiger partial charge is 0.461 e. The minimum Gasteiger partial charge on any atom is -0.461 e. The van der Waals surface area contributed by atoms with Gasteiger partial charge in [0.15, 0.2) is 5.71 Å². The number of aryl methyl sites for hydroxylation is 1. The highest BCUT2D eigenvalue weighted by Gasteiger charge is 2.18. The Morgan fingerprint density at radius 1 is 1.17 bits per heavy atom. The zero-order valence-corrected chi connectivity index (χ0v) is 13.8. The van der Waals surface area contributed by atoms with E-state index in [2.05, 4.69) is 9.44 Å². The quantitative estimate of drug-likeness (QED) is 0.436. The third-order valence-corrected chi connectivity index (χ3v) is 3.52. The monoisotopic (exact) mass is 343 g/mol. The summed E-state index contributed by atoms with van der Waals surface area (Å²) in [6.45, 7) is 5.32. The molecule has 0 bridgehead atoms.